The number of non-ortho nitro benzene ring substituents is 1. The fourth-order valence-corrected chi connectivity index (χ4v) is 3.96. The molecule has 164 valence electrons. The molecule has 2 aromatic carbocycles. The highest BCUT2D eigenvalue weighted by atomic mass is 35.5. The van der Waals surface area contributed by atoms with Gasteiger partial charge in [-0.05, 0) is 43.9 Å². The van der Waals surface area contributed by atoms with E-state index in [1.165, 1.54) is 24.3 Å². The molecular formula is C22H16ClFN2O6. The molecule has 0 bridgehead atoms. The van der Waals surface area contributed by atoms with Crippen LogP contribution >= 0.6 is 11.6 Å². The summed E-state index contributed by atoms with van der Waals surface area (Å²) in [4.78, 5) is 48.7. The van der Waals surface area contributed by atoms with Crippen molar-refractivity contribution in [3.63, 3.8) is 0 Å². The Bertz CT molecular complexity index is 1160. The SMILES string of the molecule is O=C(COc1cc(N2C(=O)C3=C(CCCC3)C2=O)c(F)cc1Cl)c1ccc([N+](=O)[O-])cc1. The molecule has 0 aromatic heterocycles. The van der Waals surface area contributed by atoms with Crippen LogP contribution in [0, 0.1) is 15.9 Å². The number of nitro benzene ring substituents is 1. The third-order valence-electron chi connectivity index (χ3n) is 5.39. The van der Waals surface area contributed by atoms with Gasteiger partial charge in [0.15, 0.2) is 12.4 Å². The number of amides is 2. The normalized spacial score (nSPS) is 15.8. The summed E-state index contributed by atoms with van der Waals surface area (Å²) in [6.45, 7) is -0.487. The number of rotatable bonds is 6. The summed E-state index contributed by atoms with van der Waals surface area (Å²) < 4.78 is 20.1. The first-order valence-corrected chi connectivity index (χ1v) is 10.2. The van der Waals surface area contributed by atoms with Crippen LogP contribution in [0.1, 0.15) is 36.0 Å². The topological polar surface area (TPSA) is 107 Å². The number of halogens is 2. The molecule has 0 radical (unpaired) electrons. The summed E-state index contributed by atoms with van der Waals surface area (Å²) in [5, 5.41) is 10.6. The molecular weight excluding hydrogens is 443 g/mol. The number of ketones is 1. The standard InChI is InChI=1S/C22H16ClFN2O6/c23-16-9-17(24)18(25-21(28)14-3-1-2-4-15(14)22(25)29)10-20(16)32-11-19(27)12-5-7-13(8-6-12)26(30)31/h5-10H,1-4,11H2. The van der Waals surface area contributed by atoms with Gasteiger partial charge in [0.05, 0.1) is 15.6 Å². The molecule has 1 heterocycles. The number of hydrogen-bond donors (Lipinski definition) is 0. The molecule has 0 saturated heterocycles. The van der Waals surface area contributed by atoms with Gasteiger partial charge in [-0.3, -0.25) is 24.5 Å². The van der Waals surface area contributed by atoms with Gasteiger partial charge in [0.2, 0.25) is 0 Å². The van der Waals surface area contributed by atoms with Gasteiger partial charge in [-0.15, -0.1) is 0 Å². The number of Topliss-reactive ketones (excluding diaryl/α,β-unsaturated/α-hetero) is 1. The number of carbonyl (C=O) groups excluding carboxylic acids is 3. The number of imide groups is 1. The zero-order chi connectivity index (χ0) is 23.0. The zero-order valence-electron chi connectivity index (χ0n) is 16.6. The maximum atomic E-state index is 14.6. The molecule has 10 heteroatoms. The Morgan fingerprint density at radius 2 is 1.69 bits per heavy atom. The quantitative estimate of drug-likeness (QED) is 0.275. The van der Waals surface area contributed by atoms with Crippen molar-refractivity contribution in [1.29, 1.82) is 0 Å². The van der Waals surface area contributed by atoms with Gasteiger partial charge < -0.3 is 4.74 Å². The van der Waals surface area contributed by atoms with E-state index in [1.807, 2.05) is 0 Å². The Balaban J connectivity index is 1.54. The van der Waals surface area contributed by atoms with Crippen molar-refractivity contribution in [2.24, 2.45) is 0 Å². The van der Waals surface area contributed by atoms with Gasteiger partial charge in [-0.1, -0.05) is 11.6 Å². The lowest BCUT2D eigenvalue weighted by atomic mass is 9.93. The van der Waals surface area contributed by atoms with Crippen molar-refractivity contribution < 1.29 is 28.4 Å². The third-order valence-corrected chi connectivity index (χ3v) is 5.69. The smallest absolute Gasteiger partial charge is 0.269 e. The van der Waals surface area contributed by atoms with Crippen LogP contribution in [0.5, 0.6) is 5.75 Å². The van der Waals surface area contributed by atoms with E-state index in [9.17, 15) is 28.9 Å². The first-order chi connectivity index (χ1) is 15.3. The van der Waals surface area contributed by atoms with E-state index in [1.54, 1.807) is 0 Å². The van der Waals surface area contributed by atoms with E-state index < -0.39 is 34.9 Å². The average molecular weight is 459 g/mol. The van der Waals surface area contributed by atoms with Gasteiger partial charge in [0, 0.05) is 34.9 Å². The molecule has 1 aliphatic carbocycles. The van der Waals surface area contributed by atoms with Crippen molar-refractivity contribution in [2.45, 2.75) is 25.7 Å². The van der Waals surface area contributed by atoms with Gasteiger partial charge in [-0.25, -0.2) is 9.29 Å². The molecule has 4 rings (SSSR count). The van der Waals surface area contributed by atoms with Crippen molar-refractivity contribution in [3.8, 4) is 5.75 Å². The number of nitro groups is 1. The number of nitrogens with zero attached hydrogens (tertiary/aromatic N) is 2. The predicted molar refractivity (Wildman–Crippen MR) is 112 cm³/mol. The number of ether oxygens (including phenoxy) is 1. The molecule has 0 atom stereocenters. The second-order valence-electron chi connectivity index (χ2n) is 7.36. The molecule has 0 unspecified atom stereocenters. The van der Waals surface area contributed by atoms with Crippen LogP contribution in [0.25, 0.3) is 0 Å². The molecule has 32 heavy (non-hydrogen) atoms. The minimum Gasteiger partial charge on any atom is -0.484 e. The maximum Gasteiger partial charge on any atom is 0.269 e. The lowest BCUT2D eigenvalue weighted by Gasteiger charge is -2.18. The van der Waals surface area contributed by atoms with Crippen LogP contribution in [0.15, 0.2) is 47.5 Å². The summed E-state index contributed by atoms with van der Waals surface area (Å²) >= 11 is 6.04. The molecule has 2 aliphatic rings. The summed E-state index contributed by atoms with van der Waals surface area (Å²) in [5.41, 5.74) is 0.537. The van der Waals surface area contributed by atoms with Crippen molar-refractivity contribution in [3.05, 3.63) is 74.1 Å². The Hall–Kier alpha value is -3.59. The fourth-order valence-electron chi connectivity index (χ4n) is 3.75. The highest BCUT2D eigenvalue weighted by molar-refractivity contribution is 6.34. The first kappa shape index (κ1) is 21.6. The molecule has 0 saturated carbocycles. The third kappa shape index (κ3) is 3.87. The van der Waals surface area contributed by atoms with E-state index in [2.05, 4.69) is 0 Å². The Labute approximate surface area is 186 Å². The largest absolute Gasteiger partial charge is 0.484 e. The number of carbonyl (C=O) groups is 3. The molecule has 2 aromatic rings. The summed E-state index contributed by atoms with van der Waals surface area (Å²) in [7, 11) is 0. The minimum absolute atomic E-state index is 0.0798. The lowest BCUT2D eigenvalue weighted by molar-refractivity contribution is -0.384. The van der Waals surface area contributed by atoms with Crippen molar-refractivity contribution in [1.82, 2.24) is 0 Å². The highest BCUT2D eigenvalue weighted by Crippen LogP contribution is 2.39. The maximum absolute atomic E-state index is 14.6. The molecule has 0 fully saturated rings. The van der Waals surface area contributed by atoms with E-state index in [4.69, 9.17) is 16.3 Å². The summed E-state index contributed by atoms with van der Waals surface area (Å²) in [6.07, 6.45) is 2.51. The van der Waals surface area contributed by atoms with Gasteiger partial charge in [-0.2, -0.15) is 0 Å². The van der Waals surface area contributed by atoms with Gasteiger partial charge in [0.1, 0.15) is 11.6 Å². The fraction of sp³-hybridized carbons (Fsp3) is 0.227. The molecule has 0 N–H and O–H groups in total. The van der Waals surface area contributed by atoms with E-state index in [-0.39, 0.29) is 27.7 Å². The lowest BCUT2D eigenvalue weighted by Crippen LogP contribution is -2.32. The van der Waals surface area contributed by atoms with Crippen LogP contribution in [-0.2, 0) is 9.59 Å². The number of anilines is 1. The van der Waals surface area contributed by atoms with E-state index >= 15 is 0 Å². The first-order valence-electron chi connectivity index (χ1n) is 9.78. The number of hydrogen-bond acceptors (Lipinski definition) is 6. The molecule has 0 spiro atoms. The van der Waals surface area contributed by atoms with Crippen LogP contribution < -0.4 is 9.64 Å². The Morgan fingerprint density at radius 1 is 1.09 bits per heavy atom. The number of benzene rings is 2. The van der Waals surface area contributed by atoms with Crippen molar-refractivity contribution in [2.75, 3.05) is 11.5 Å². The Kier molecular flexibility index (Phi) is 5.75. The second-order valence-corrected chi connectivity index (χ2v) is 7.77. The predicted octanol–water partition coefficient (Wildman–Crippen LogP) is 4.39. The minimum atomic E-state index is -0.870. The van der Waals surface area contributed by atoms with E-state index in [0.717, 1.165) is 29.9 Å². The van der Waals surface area contributed by atoms with Crippen LogP contribution in [0.4, 0.5) is 15.8 Å². The van der Waals surface area contributed by atoms with Crippen molar-refractivity contribution >= 4 is 40.6 Å². The Morgan fingerprint density at radius 3 is 2.25 bits per heavy atom. The molecule has 8 nitrogen and oxygen atoms in total. The van der Waals surface area contributed by atoms with Gasteiger partial charge in [0.25, 0.3) is 17.5 Å². The zero-order valence-corrected chi connectivity index (χ0v) is 17.4. The van der Waals surface area contributed by atoms with Crippen LogP contribution in [-0.4, -0.2) is 29.1 Å². The van der Waals surface area contributed by atoms with Gasteiger partial charge >= 0.3 is 0 Å². The summed E-state index contributed by atoms with van der Waals surface area (Å²) in [5.74, 6) is -2.56. The molecule has 1 aliphatic heterocycles. The second kappa shape index (κ2) is 8.51. The highest BCUT2D eigenvalue weighted by Gasteiger charge is 2.41. The average Bonchev–Trinajstić information content (AvgIpc) is 3.03. The molecule has 2 amide bonds. The summed E-state index contributed by atoms with van der Waals surface area (Å²) in [6, 6.07) is 7.00. The van der Waals surface area contributed by atoms with Crippen LogP contribution in [0.2, 0.25) is 5.02 Å². The monoisotopic (exact) mass is 458 g/mol. The van der Waals surface area contributed by atoms with E-state index in [0.29, 0.717) is 24.0 Å². The van der Waals surface area contributed by atoms with Crippen LogP contribution in [0.3, 0.4) is 0 Å².